The van der Waals surface area contributed by atoms with E-state index in [1.165, 1.54) is 11.3 Å². The molecule has 2 aromatic rings. The van der Waals surface area contributed by atoms with E-state index in [-0.39, 0.29) is 0 Å². The summed E-state index contributed by atoms with van der Waals surface area (Å²) in [5.41, 5.74) is 8.16. The first-order valence-corrected chi connectivity index (χ1v) is 6.35. The van der Waals surface area contributed by atoms with Crippen LogP contribution in [0.4, 0.5) is 5.69 Å². The highest BCUT2D eigenvalue weighted by molar-refractivity contribution is 7.16. The van der Waals surface area contributed by atoms with Gasteiger partial charge >= 0.3 is 0 Å². The lowest BCUT2D eigenvalue weighted by Crippen LogP contribution is -1.87. The lowest BCUT2D eigenvalue weighted by atomic mass is 10.1. The van der Waals surface area contributed by atoms with Gasteiger partial charge in [0.2, 0.25) is 0 Å². The number of nitrogen functional groups attached to an aromatic ring is 1. The zero-order valence-corrected chi connectivity index (χ0v) is 11.2. The molecule has 0 aliphatic heterocycles. The number of halogens is 2. The second-order valence-electron chi connectivity index (χ2n) is 3.57. The maximum atomic E-state index is 8.94. The fourth-order valence-electron chi connectivity index (χ4n) is 1.57. The number of nitrogens with zero attached hydrogens (tertiary/aromatic N) is 1. The molecular weight excluding hydrogens is 275 g/mol. The molecule has 1 heterocycles. The van der Waals surface area contributed by atoms with Crippen molar-refractivity contribution in [2.24, 2.45) is 0 Å². The molecule has 0 atom stereocenters. The van der Waals surface area contributed by atoms with Crippen molar-refractivity contribution in [1.82, 2.24) is 0 Å². The molecule has 1 aromatic heterocycles. The molecule has 2 N–H and O–H groups in total. The van der Waals surface area contributed by atoms with Gasteiger partial charge in [0.1, 0.15) is 10.9 Å². The first-order chi connectivity index (χ1) is 8.02. The molecule has 0 aliphatic rings. The van der Waals surface area contributed by atoms with Crippen LogP contribution in [0, 0.1) is 18.3 Å². The quantitative estimate of drug-likeness (QED) is 0.838. The van der Waals surface area contributed by atoms with Crippen LogP contribution < -0.4 is 5.73 Å². The van der Waals surface area contributed by atoms with E-state index in [0.29, 0.717) is 20.6 Å². The van der Waals surface area contributed by atoms with Gasteiger partial charge in [0.15, 0.2) is 0 Å². The second-order valence-corrected chi connectivity index (χ2v) is 5.46. The number of thiophene rings is 1. The Balaban J connectivity index is 2.65. The van der Waals surface area contributed by atoms with E-state index in [1.54, 1.807) is 6.07 Å². The molecule has 5 heteroatoms. The van der Waals surface area contributed by atoms with Crippen LogP contribution in [0.5, 0.6) is 0 Å². The van der Waals surface area contributed by atoms with Gasteiger partial charge < -0.3 is 5.73 Å². The smallest absolute Gasteiger partial charge is 0.128 e. The van der Waals surface area contributed by atoms with E-state index < -0.39 is 0 Å². The first kappa shape index (κ1) is 12.3. The molecule has 0 fully saturated rings. The van der Waals surface area contributed by atoms with Gasteiger partial charge in [-0.05, 0) is 36.2 Å². The number of nitriles is 1. The highest BCUT2D eigenvalue weighted by Gasteiger charge is 2.14. The summed E-state index contributed by atoms with van der Waals surface area (Å²) in [4.78, 5) is 1.46. The van der Waals surface area contributed by atoms with Gasteiger partial charge in [0.05, 0.1) is 5.69 Å². The van der Waals surface area contributed by atoms with Crippen LogP contribution in [0.2, 0.25) is 10.0 Å². The van der Waals surface area contributed by atoms with Crippen molar-refractivity contribution in [2.45, 2.75) is 6.92 Å². The topological polar surface area (TPSA) is 49.8 Å². The lowest BCUT2D eigenvalue weighted by molar-refractivity contribution is 1.49. The van der Waals surface area contributed by atoms with Crippen LogP contribution in [-0.2, 0) is 0 Å². The molecule has 0 aliphatic carbocycles. The van der Waals surface area contributed by atoms with Gasteiger partial charge in [-0.25, -0.2) is 0 Å². The van der Waals surface area contributed by atoms with Gasteiger partial charge in [0.25, 0.3) is 0 Å². The Morgan fingerprint density at radius 2 is 1.82 bits per heavy atom. The normalized spacial score (nSPS) is 10.2. The van der Waals surface area contributed by atoms with Crippen molar-refractivity contribution in [2.75, 3.05) is 5.73 Å². The predicted molar refractivity (Wildman–Crippen MR) is 73.6 cm³/mol. The predicted octanol–water partition coefficient (Wildman–Crippen LogP) is 4.48. The van der Waals surface area contributed by atoms with E-state index >= 15 is 0 Å². The Kier molecular flexibility index (Phi) is 3.30. The summed E-state index contributed by atoms with van der Waals surface area (Å²) in [6.45, 7) is 1.89. The Bertz CT molecular complexity index is 606. The van der Waals surface area contributed by atoms with Crippen LogP contribution in [-0.4, -0.2) is 0 Å². The van der Waals surface area contributed by atoms with Crippen molar-refractivity contribution in [1.29, 1.82) is 5.26 Å². The molecule has 0 bridgehead atoms. The van der Waals surface area contributed by atoms with Gasteiger partial charge in [-0.3, -0.25) is 0 Å². The summed E-state index contributed by atoms with van der Waals surface area (Å²) < 4.78 is 0. The van der Waals surface area contributed by atoms with E-state index in [9.17, 15) is 0 Å². The minimum absolute atomic E-state index is 0.522. The number of nitrogens with two attached hydrogens (primary N) is 1. The molecule has 0 amide bonds. The third-order valence-electron chi connectivity index (χ3n) is 2.42. The molecule has 2 rings (SSSR count). The highest BCUT2D eigenvalue weighted by atomic mass is 35.5. The fourth-order valence-corrected chi connectivity index (χ4v) is 3.11. The van der Waals surface area contributed by atoms with E-state index in [4.69, 9.17) is 34.2 Å². The van der Waals surface area contributed by atoms with Crippen molar-refractivity contribution < 1.29 is 0 Å². The molecule has 0 spiro atoms. The number of anilines is 1. The average molecular weight is 283 g/mol. The van der Waals surface area contributed by atoms with Crippen molar-refractivity contribution in [3.8, 4) is 16.5 Å². The Morgan fingerprint density at radius 3 is 2.29 bits per heavy atom. The minimum atomic E-state index is 0.522. The van der Waals surface area contributed by atoms with Crippen LogP contribution in [0.25, 0.3) is 10.4 Å². The SMILES string of the molecule is Cc1c(-c2cc(Cl)cc(Cl)c2)sc(C#N)c1N. The summed E-state index contributed by atoms with van der Waals surface area (Å²) in [5.74, 6) is 0. The van der Waals surface area contributed by atoms with Crippen molar-refractivity contribution in [3.63, 3.8) is 0 Å². The zero-order valence-electron chi connectivity index (χ0n) is 8.92. The largest absolute Gasteiger partial charge is 0.397 e. The molecule has 0 saturated heterocycles. The monoisotopic (exact) mass is 282 g/mol. The summed E-state index contributed by atoms with van der Waals surface area (Å²) in [6.07, 6.45) is 0. The maximum absolute atomic E-state index is 8.94. The molecule has 86 valence electrons. The first-order valence-electron chi connectivity index (χ1n) is 4.78. The average Bonchev–Trinajstić information content (AvgIpc) is 2.54. The van der Waals surface area contributed by atoms with E-state index in [0.717, 1.165) is 16.0 Å². The van der Waals surface area contributed by atoms with Crippen molar-refractivity contribution in [3.05, 3.63) is 38.7 Å². The summed E-state index contributed by atoms with van der Waals surface area (Å²) >= 11 is 13.3. The van der Waals surface area contributed by atoms with Crippen LogP contribution in [0.15, 0.2) is 18.2 Å². The van der Waals surface area contributed by atoms with Crippen LogP contribution in [0.1, 0.15) is 10.4 Å². The Hall–Kier alpha value is -1.21. The standard InChI is InChI=1S/C12H8Cl2N2S/c1-6-11(16)10(5-15)17-12(6)7-2-8(13)4-9(14)3-7/h2-4H,16H2,1H3. The summed E-state index contributed by atoms with van der Waals surface area (Å²) in [6, 6.07) is 7.38. The molecule has 0 unspecified atom stereocenters. The summed E-state index contributed by atoms with van der Waals surface area (Å²) in [7, 11) is 0. The number of rotatable bonds is 1. The number of benzene rings is 1. The third kappa shape index (κ3) is 2.25. The van der Waals surface area contributed by atoms with E-state index in [1.807, 2.05) is 19.1 Å². The minimum Gasteiger partial charge on any atom is -0.397 e. The molecule has 0 radical (unpaired) electrons. The lowest BCUT2D eigenvalue weighted by Gasteiger charge is -2.02. The third-order valence-corrected chi connectivity index (χ3v) is 4.12. The molecule has 17 heavy (non-hydrogen) atoms. The maximum Gasteiger partial charge on any atom is 0.128 e. The van der Waals surface area contributed by atoms with Gasteiger partial charge in [-0.15, -0.1) is 11.3 Å². The highest BCUT2D eigenvalue weighted by Crippen LogP contribution is 2.39. The van der Waals surface area contributed by atoms with Gasteiger partial charge in [-0.2, -0.15) is 5.26 Å². The van der Waals surface area contributed by atoms with Crippen LogP contribution in [0.3, 0.4) is 0 Å². The van der Waals surface area contributed by atoms with Gasteiger partial charge in [-0.1, -0.05) is 23.2 Å². The Morgan fingerprint density at radius 1 is 1.24 bits per heavy atom. The number of hydrogen-bond acceptors (Lipinski definition) is 3. The van der Waals surface area contributed by atoms with Crippen molar-refractivity contribution >= 4 is 40.2 Å². The zero-order chi connectivity index (χ0) is 12.6. The second kappa shape index (κ2) is 4.58. The molecule has 1 aromatic carbocycles. The Labute approximate surface area is 113 Å². The van der Waals surface area contributed by atoms with Crippen LogP contribution >= 0.6 is 34.5 Å². The fraction of sp³-hybridized carbons (Fsp3) is 0.0833. The molecular formula is C12H8Cl2N2S. The molecule has 2 nitrogen and oxygen atoms in total. The number of hydrogen-bond donors (Lipinski definition) is 1. The van der Waals surface area contributed by atoms with Gasteiger partial charge in [0, 0.05) is 14.9 Å². The molecule has 0 saturated carbocycles. The van der Waals surface area contributed by atoms with E-state index in [2.05, 4.69) is 6.07 Å². The summed E-state index contributed by atoms with van der Waals surface area (Å²) in [5, 5.41) is 10.1.